The lowest BCUT2D eigenvalue weighted by molar-refractivity contribution is 0.0900. The highest BCUT2D eigenvalue weighted by Crippen LogP contribution is 2.29. The van der Waals surface area contributed by atoms with E-state index in [1.165, 1.54) is 54.6 Å². The summed E-state index contributed by atoms with van der Waals surface area (Å²) in [5.74, 6) is -5.25. The van der Waals surface area contributed by atoms with Crippen LogP contribution in [0.3, 0.4) is 0 Å². The zero-order valence-electron chi connectivity index (χ0n) is 20.0. The summed E-state index contributed by atoms with van der Waals surface area (Å²) in [5.41, 5.74) is -0.495. The van der Waals surface area contributed by atoms with Gasteiger partial charge in [-0.2, -0.15) is 0 Å². The molecule has 3 amide bonds. The molecule has 3 aromatic carbocycles. The summed E-state index contributed by atoms with van der Waals surface area (Å²) in [4.78, 5) is 37.6. The quantitative estimate of drug-likeness (QED) is 0.139. The molecule has 0 aliphatic rings. The topological polar surface area (TPSA) is 209 Å². The predicted octanol–water partition coefficient (Wildman–Crippen LogP) is 1.66. The van der Waals surface area contributed by atoms with Crippen LogP contribution in [-0.2, 0) is 0 Å². The zero-order valence-corrected chi connectivity index (χ0v) is 20.0. The molecule has 3 rings (SSSR count). The van der Waals surface area contributed by atoms with Crippen LogP contribution in [0.5, 0.6) is 34.5 Å². The Kier molecular flexibility index (Phi) is 8.82. The van der Waals surface area contributed by atoms with Crippen molar-refractivity contribution in [2.75, 3.05) is 13.1 Å². The highest BCUT2D eigenvalue weighted by Gasteiger charge is 2.21. The van der Waals surface area contributed by atoms with Crippen molar-refractivity contribution in [1.29, 1.82) is 0 Å². The molecule has 200 valence electrons. The molecule has 0 aliphatic heterocycles. The van der Waals surface area contributed by atoms with E-state index in [1.54, 1.807) is 0 Å². The number of rotatable bonds is 10. The van der Waals surface area contributed by atoms with Crippen LogP contribution in [0.15, 0.2) is 54.6 Å². The Balaban J connectivity index is 1.65. The van der Waals surface area contributed by atoms with Crippen LogP contribution in [0.1, 0.15) is 43.9 Å². The highest BCUT2D eigenvalue weighted by atomic mass is 16.3. The summed E-state index contributed by atoms with van der Waals surface area (Å²) >= 11 is 0. The van der Waals surface area contributed by atoms with Gasteiger partial charge in [-0.1, -0.05) is 18.2 Å². The van der Waals surface area contributed by atoms with Gasteiger partial charge in [0.25, 0.3) is 17.7 Å². The molecule has 0 unspecified atom stereocenters. The molecule has 0 radical (unpaired) electrons. The first-order chi connectivity index (χ1) is 18.1. The van der Waals surface area contributed by atoms with Gasteiger partial charge in [0.05, 0.1) is 16.7 Å². The van der Waals surface area contributed by atoms with Gasteiger partial charge >= 0.3 is 0 Å². The lowest BCUT2D eigenvalue weighted by Gasteiger charge is -2.20. The lowest BCUT2D eigenvalue weighted by atomic mass is 10.1. The van der Waals surface area contributed by atoms with E-state index in [2.05, 4.69) is 16.0 Å². The fraction of sp³-hybridized carbons (Fsp3) is 0.192. The summed E-state index contributed by atoms with van der Waals surface area (Å²) in [6.45, 7) is -0.0144. The molecule has 9 N–H and O–H groups in total. The number of nitrogens with one attached hydrogen (secondary N) is 3. The maximum atomic E-state index is 12.7. The van der Waals surface area contributed by atoms with E-state index in [0.717, 1.165) is 0 Å². The second kappa shape index (κ2) is 12.2. The minimum Gasteiger partial charge on any atom is -0.504 e. The largest absolute Gasteiger partial charge is 0.504 e. The molecule has 12 heteroatoms. The molecule has 0 saturated heterocycles. The van der Waals surface area contributed by atoms with Crippen molar-refractivity contribution < 1.29 is 45.0 Å². The van der Waals surface area contributed by atoms with Crippen molar-refractivity contribution in [3.05, 3.63) is 71.3 Å². The molecule has 3 aromatic rings. The third-order valence-corrected chi connectivity index (χ3v) is 5.64. The molecule has 0 fully saturated rings. The van der Waals surface area contributed by atoms with Crippen LogP contribution in [0.2, 0.25) is 0 Å². The van der Waals surface area contributed by atoms with Crippen molar-refractivity contribution in [3.63, 3.8) is 0 Å². The third-order valence-electron chi connectivity index (χ3n) is 5.64. The van der Waals surface area contributed by atoms with Gasteiger partial charge in [0, 0.05) is 19.1 Å². The lowest BCUT2D eigenvalue weighted by Crippen LogP contribution is -2.44. The van der Waals surface area contributed by atoms with E-state index in [4.69, 9.17) is 0 Å². The summed E-state index contributed by atoms with van der Waals surface area (Å²) in [5, 5.41) is 66.4. The maximum Gasteiger partial charge on any atom is 0.255 e. The van der Waals surface area contributed by atoms with E-state index in [0.29, 0.717) is 6.42 Å². The van der Waals surface area contributed by atoms with Crippen molar-refractivity contribution >= 4 is 17.7 Å². The van der Waals surface area contributed by atoms with Crippen LogP contribution < -0.4 is 16.0 Å². The predicted molar refractivity (Wildman–Crippen MR) is 134 cm³/mol. The van der Waals surface area contributed by atoms with Gasteiger partial charge in [-0.15, -0.1) is 0 Å². The minimum absolute atomic E-state index is 0.110. The second-order valence-corrected chi connectivity index (χ2v) is 8.30. The highest BCUT2D eigenvalue weighted by molar-refractivity contribution is 5.99. The summed E-state index contributed by atoms with van der Waals surface area (Å²) in [7, 11) is 0. The van der Waals surface area contributed by atoms with Crippen LogP contribution in [-0.4, -0.2) is 67.5 Å². The summed E-state index contributed by atoms with van der Waals surface area (Å²) in [6.07, 6.45) is 0.527. The molecule has 1 atom stereocenters. The molecule has 0 aromatic heterocycles. The van der Waals surface area contributed by atoms with Gasteiger partial charge in [-0.05, 0) is 49.2 Å². The van der Waals surface area contributed by atoms with E-state index in [-0.39, 0.29) is 36.2 Å². The van der Waals surface area contributed by atoms with Crippen LogP contribution >= 0.6 is 0 Å². The van der Waals surface area contributed by atoms with Gasteiger partial charge in [0.15, 0.2) is 34.5 Å². The Morgan fingerprint density at radius 3 is 1.50 bits per heavy atom. The number of phenolic OH excluding ortho intramolecular Hbond substituents is 6. The fourth-order valence-corrected chi connectivity index (χ4v) is 3.59. The Morgan fingerprint density at radius 1 is 0.605 bits per heavy atom. The Bertz CT molecular complexity index is 1340. The number of benzene rings is 3. The average Bonchev–Trinajstić information content (AvgIpc) is 2.89. The van der Waals surface area contributed by atoms with E-state index >= 15 is 0 Å². The number of hydrogen-bond acceptors (Lipinski definition) is 9. The number of amides is 3. The van der Waals surface area contributed by atoms with Crippen molar-refractivity contribution in [3.8, 4) is 34.5 Å². The average molecular weight is 526 g/mol. The molecule has 12 nitrogen and oxygen atoms in total. The first kappa shape index (κ1) is 27.5. The molecule has 38 heavy (non-hydrogen) atoms. The van der Waals surface area contributed by atoms with E-state index in [9.17, 15) is 45.0 Å². The number of hydrogen-bond donors (Lipinski definition) is 9. The van der Waals surface area contributed by atoms with Gasteiger partial charge in [-0.25, -0.2) is 0 Å². The van der Waals surface area contributed by atoms with Crippen molar-refractivity contribution in [2.45, 2.75) is 18.9 Å². The number of carbonyl (C=O) groups is 3. The normalized spacial score (nSPS) is 11.4. The minimum atomic E-state index is -0.730. The third kappa shape index (κ3) is 6.55. The summed E-state index contributed by atoms with van der Waals surface area (Å²) in [6, 6.07) is 11.0. The molecule has 0 saturated carbocycles. The van der Waals surface area contributed by atoms with Gasteiger partial charge in [-0.3, -0.25) is 14.4 Å². The number of phenols is 6. The fourth-order valence-electron chi connectivity index (χ4n) is 3.59. The van der Waals surface area contributed by atoms with Crippen LogP contribution in [0, 0.1) is 0 Å². The molecular formula is C26H27N3O9. The Hall–Kier alpha value is -5.13. The monoisotopic (exact) mass is 525 g/mol. The molecule has 0 aliphatic carbocycles. The maximum absolute atomic E-state index is 12.7. The smallest absolute Gasteiger partial charge is 0.255 e. The van der Waals surface area contributed by atoms with Crippen LogP contribution in [0.25, 0.3) is 0 Å². The molecule has 0 heterocycles. The molecule has 0 spiro atoms. The summed E-state index contributed by atoms with van der Waals surface area (Å²) < 4.78 is 0. The van der Waals surface area contributed by atoms with Crippen molar-refractivity contribution in [2.24, 2.45) is 0 Å². The van der Waals surface area contributed by atoms with Gasteiger partial charge in [0.2, 0.25) is 0 Å². The van der Waals surface area contributed by atoms with Gasteiger partial charge < -0.3 is 46.6 Å². The number of carbonyl (C=O) groups excluding carboxylic acids is 3. The van der Waals surface area contributed by atoms with Crippen molar-refractivity contribution in [1.82, 2.24) is 16.0 Å². The SMILES string of the molecule is O=C(NCCC[C@@H](CNC(=O)c1cccc(O)c1O)NC(=O)c1cccc(O)c1O)c1cccc(O)c1O. The molecule has 0 bridgehead atoms. The first-order valence-corrected chi connectivity index (χ1v) is 11.5. The molecular weight excluding hydrogens is 498 g/mol. The van der Waals surface area contributed by atoms with Gasteiger partial charge in [0.1, 0.15) is 0 Å². The second-order valence-electron chi connectivity index (χ2n) is 8.30. The van der Waals surface area contributed by atoms with E-state index < -0.39 is 58.3 Å². The van der Waals surface area contributed by atoms with Crippen LogP contribution in [0.4, 0.5) is 0 Å². The Labute approximate surface area is 216 Å². The zero-order chi connectivity index (χ0) is 27.8. The number of para-hydroxylation sites is 3. The Morgan fingerprint density at radius 2 is 1.03 bits per heavy atom. The van der Waals surface area contributed by atoms with E-state index in [1.807, 2.05) is 0 Å². The standard InChI is InChI=1S/C26H27N3O9/c30-18-9-1-6-15(21(18)33)24(36)27-12-4-5-14(29-26(38)17-8-3-11-20(32)23(17)35)13-28-25(37)16-7-2-10-19(31)22(16)34/h1-3,6-11,14,30-35H,4-5,12-13H2,(H,27,36)(H,28,37)(H,29,38)/t14-/m0/s1. The number of aromatic hydroxyl groups is 6. The first-order valence-electron chi connectivity index (χ1n) is 11.5.